The van der Waals surface area contributed by atoms with Gasteiger partial charge in [0.05, 0.1) is 16.8 Å². The number of hydrogen-bond donors (Lipinski definition) is 3. The molecule has 0 aliphatic carbocycles. The first-order chi connectivity index (χ1) is 8.70. The highest BCUT2D eigenvalue weighted by Gasteiger charge is 2.22. The van der Waals surface area contributed by atoms with E-state index in [2.05, 4.69) is 10.6 Å². The predicted molar refractivity (Wildman–Crippen MR) is 73.9 cm³/mol. The molecule has 0 aliphatic rings. The van der Waals surface area contributed by atoms with Crippen LogP contribution in [0, 0.1) is 11.2 Å². The zero-order valence-electron chi connectivity index (χ0n) is 11.1. The molecule has 4 nitrogen and oxygen atoms in total. The van der Waals surface area contributed by atoms with Crippen LogP contribution in [0.2, 0.25) is 5.02 Å². The number of rotatable bonds is 3. The number of carbonyl (C=O) groups is 1. The molecule has 1 atom stereocenters. The third-order valence-corrected chi connectivity index (χ3v) is 2.95. The van der Waals surface area contributed by atoms with Crippen LogP contribution in [-0.2, 0) is 0 Å². The second kappa shape index (κ2) is 6.21. The van der Waals surface area contributed by atoms with Gasteiger partial charge in [-0.2, -0.15) is 0 Å². The average molecular weight is 289 g/mol. The summed E-state index contributed by atoms with van der Waals surface area (Å²) in [6.45, 7) is 5.73. The van der Waals surface area contributed by atoms with E-state index in [0.29, 0.717) is 5.69 Å². The van der Waals surface area contributed by atoms with Crippen LogP contribution in [0.15, 0.2) is 18.2 Å². The Bertz CT molecular complexity index is 460. The van der Waals surface area contributed by atoms with E-state index in [9.17, 15) is 14.3 Å². The molecule has 0 radical (unpaired) electrons. The van der Waals surface area contributed by atoms with E-state index >= 15 is 0 Å². The van der Waals surface area contributed by atoms with Crippen LogP contribution in [0.3, 0.4) is 0 Å². The number of aliphatic hydroxyl groups excluding tert-OH is 1. The molecule has 0 spiro atoms. The van der Waals surface area contributed by atoms with Gasteiger partial charge in [-0.05, 0) is 23.6 Å². The molecule has 0 saturated carbocycles. The Morgan fingerprint density at radius 2 is 2.11 bits per heavy atom. The van der Waals surface area contributed by atoms with Crippen molar-refractivity contribution in [3.05, 3.63) is 29.0 Å². The van der Waals surface area contributed by atoms with Gasteiger partial charge in [-0.15, -0.1) is 0 Å². The number of benzene rings is 1. The van der Waals surface area contributed by atoms with E-state index in [1.54, 1.807) is 0 Å². The van der Waals surface area contributed by atoms with Gasteiger partial charge in [0.15, 0.2) is 0 Å². The lowest BCUT2D eigenvalue weighted by atomic mass is 9.89. The SMILES string of the molecule is CC(C)(C)C(O)CNC(=O)Nc1ccc(F)cc1Cl. The molecule has 0 heterocycles. The summed E-state index contributed by atoms with van der Waals surface area (Å²) in [5, 5.41) is 14.9. The number of amides is 2. The standard InChI is InChI=1S/C13H18ClFN2O2/c1-13(2,3)11(18)7-16-12(19)17-10-5-4-8(15)6-9(10)14/h4-6,11,18H,7H2,1-3H3,(H2,16,17,19). The molecule has 1 rings (SSSR count). The first kappa shape index (κ1) is 15.7. The Morgan fingerprint density at radius 1 is 1.47 bits per heavy atom. The first-order valence-electron chi connectivity index (χ1n) is 5.88. The molecular formula is C13H18ClFN2O2. The normalized spacial score (nSPS) is 12.9. The minimum absolute atomic E-state index is 0.117. The fourth-order valence-corrected chi connectivity index (χ4v) is 1.47. The van der Waals surface area contributed by atoms with Crippen molar-refractivity contribution in [1.82, 2.24) is 5.32 Å². The third kappa shape index (κ3) is 5.04. The van der Waals surface area contributed by atoms with Crippen molar-refractivity contribution in [2.75, 3.05) is 11.9 Å². The molecule has 1 unspecified atom stereocenters. The van der Waals surface area contributed by atoms with E-state index in [4.69, 9.17) is 11.6 Å². The number of urea groups is 1. The number of anilines is 1. The summed E-state index contributed by atoms with van der Waals surface area (Å²) in [7, 11) is 0. The quantitative estimate of drug-likeness (QED) is 0.801. The van der Waals surface area contributed by atoms with Crippen molar-refractivity contribution in [3.8, 4) is 0 Å². The monoisotopic (exact) mass is 288 g/mol. The zero-order chi connectivity index (χ0) is 14.6. The number of hydrogen-bond acceptors (Lipinski definition) is 2. The van der Waals surface area contributed by atoms with E-state index in [1.807, 2.05) is 20.8 Å². The fourth-order valence-electron chi connectivity index (χ4n) is 1.25. The minimum atomic E-state index is -0.665. The molecule has 1 aromatic carbocycles. The van der Waals surface area contributed by atoms with Crippen molar-refractivity contribution < 1.29 is 14.3 Å². The molecule has 6 heteroatoms. The van der Waals surface area contributed by atoms with Crippen LogP contribution in [-0.4, -0.2) is 23.8 Å². The highest BCUT2D eigenvalue weighted by atomic mass is 35.5. The Balaban J connectivity index is 2.52. The van der Waals surface area contributed by atoms with Crippen LogP contribution in [0.25, 0.3) is 0 Å². The highest BCUT2D eigenvalue weighted by Crippen LogP contribution is 2.22. The fraction of sp³-hybridized carbons (Fsp3) is 0.462. The van der Waals surface area contributed by atoms with E-state index in [1.165, 1.54) is 12.1 Å². The van der Waals surface area contributed by atoms with Gasteiger partial charge in [0.1, 0.15) is 5.82 Å². The summed E-state index contributed by atoms with van der Waals surface area (Å²) in [5.41, 5.74) is -0.00771. The zero-order valence-corrected chi connectivity index (χ0v) is 11.9. The van der Waals surface area contributed by atoms with E-state index in [0.717, 1.165) is 6.07 Å². The third-order valence-electron chi connectivity index (χ3n) is 2.63. The van der Waals surface area contributed by atoms with E-state index in [-0.39, 0.29) is 17.0 Å². The number of aliphatic hydroxyl groups is 1. The smallest absolute Gasteiger partial charge is 0.319 e. The Kier molecular flexibility index (Phi) is 5.14. The number of halogens is 2. The summed E-state index contributed by atoms with van der Waals surface area (Å²) in [6.07, 6.45) is -0.665. The Labute approximate surface area is 117 Å². The Hall–Kier alpha value is -1.33. The van der Waals surface area contributed by atoms with Gasteiger partial charge in [-0.1, -0.05) is 32.4 Å². The van der Waals surface area contributed by atoms with Gasteiger partial charge < -0.3 is 15.7 Å². The molecular weight excluding hydrogens is 271 g/mol. The van der Waals surface area contributed by atoms with Crippen molar-refractivity contribution in [1.29, 1.82) is 0 Å². The molecule has 0 fully saturated rings. The maximum Gasteiger partial charge on any atom is 0.319 e. The maximum atomic E-state index is 12.8. The van der Waals surface area contributed by atoms with Crippen molar-refractivity contribution in [2.24, 2.45) is 5.41 Å². The van der Waals surface area contributed by atoms with Gasteiger partial charge in [0, 0.05) is 6.54 Å². The topological polar surface area (TPSA) is 61.4 Å². The summed E-state index contributed by atoms with van der Waals surface area (Å²) >= 11 is 5.78. The summed E-state index contributed by atoms with van der Waals surface area (Å²) in [6, 6.07) is 3.18. The molecule has 1 aromatic rings. The minimum Gasteiger partial charge on any atom is -0.391 e. The van der Waals surface area contributed by atoms with Crippen LogP contribution >= 0.6 is 11.6 Å². The van der Waals surface area contributed by atoms with Crippen molar-refractivity contribution in [3.63, 3.8) is 0 Å². The Morgan fingerprint density at radius 3 is 2.63 bits per heavy atom. The van der Waals surface area contributed by atoms with Gasteiger partial charge in [0.2, 0.25) is 0 Å². The average Bonchev–Trinajstić information content (AvgIpc) is 2.28. The first-order valence-corrected chi connectivity index (χ1v) is 6.26. The summed E-state index contributed by atoms with van der Waals surface area (Å²) in [4.78, 5) is 11.6. The number of nitrogens with one attached hydrogen (secondary N) is 2. The molecule has 0 saturated heterocycles. The maximum absolute atomic E-state index is 12.8. The van der Waals surface area contributed by atoms with Crippen molar-refractivity contribution >= 4 is 23.3 Å². The van der Waals surface area contributed by atoms with Crippen LogP contribution in [0.4, 0.5) is 14.9 Å². The molecule has 106 valence electrons. The van der Waals surface area contributed by atoms with Gasteiger partial charge in [-0.25, -0.2) is 9.18 Å². The predicted octanol–water partition coefficient (Wildman–Crippen LogP) is 3.01. The largest absolute Gasteiger partial charge is 0.391 e. The van der Waals surface area contributed by atoms with Crippen LogP contribution in [0.5, 0.6) is 0 Å². The lowest BCUT2D eigenvalue weighted by Gasteiger charge is -2.25. The van der Waals surface area contributed by atoms with Crippen molar-refractivity contribution in [2.45, 2.75) is 26.9 Å². The van der Waals surface area contributed by atoms with Gasteiger partial charge in [0.25, 0.3) is 0 Å². The second-order valence-electron chi connectivity index (χ2n) is 5.34. The van der Waals surface area contributed by atoms with Crippen LogP contribution < -0.4 is 10.6 Å². The molecule has 0 aromatic heterocycles. The number of carbonyl (C=O) groups excluding carboxylic acids is 1. The summed E-state index contributed by atoms with van der Waals surface area (Å²) in [5.74, 6) is -0.473. The van der Waals surface area contributed by atoms with Gasteiger partial charge >= 0.3 is 6.03 Å². The molecule has 3 N–H and O–H groups in total. The lowest BCUT2D eigenvalue weighted by Crippen LogP contribution is -2.40. The second-order valence-corrected chi connectivity index (χ2v) is 5.75. The lowest BCUT2D eigenvalue weighted by molar-refractivity contribution is 0.0654. The molecule has 2 amide bonds. The molecule has 19 heavy (non-hydrogen) atoms. The summed E-state index contributed by atoms with van der Waals surface area (Å²) < 4.78 is 12.8. The van der Waals surface area contributed by atoms with E-state index < -0.39 is 18.0 Å². The molecule has 0 aliphatic heterocycles. The van der Waals surface area contributed by atoms with Gasteiger partial charge in [-0.3, -0.25) is 0 Å². The van der Waals surface area contributed by atoms with Crippen LogP contribution in [0.1, 0.15) is 20.8 Å². The molecule has 0 bridgehead atoms. The highest BCUT2D eigenvalue weighted by molar-refractivity contribution is 6.33.